The Balaban J connectivity index is 0.00000432. The Morgan fingerprint density at radius 2 is 1.77 bits per heavy atom. The highest BCUT2D eigenvalue weighted by Crippen LogP contribution is 2.35. The molecule has 5 nitrogen and oxygen atoms in total. The first-order valence-corrected chi connectivity index (χ1v) is 12.0. The number of nitrogens with one attached hydrogen (secondary N) is 2. The van der Waals surface area contributed by atoms with Gasteiger partial charge >= 0.3 is 12.2 Å². The summed E-state index contributed by atoms with van der Waals surface area (Å²) in [7, 11) is 0. The van der Waals surface area contributed by atoms with Gasteiger partial charge in [-0.2, -0.15) is 13.2 Å². The molecule has 1 aliphatic rings. The molecule has 2 amide bonds. The van der Waals surface area contributed by atoms with E-state index in [1.54, 1.807) is 0 Å². The summed E-state index contributed by atoms with van der Waals surface area (Å²) in [4.78, 5) is 14.2. The van der Waals surface area contributed by atoms with E-state index in [1.807, 2.05) is 31.2 Å². The number of likely N-dealkylation sites (tertiary alicyclic amines) is 1. The molecule has 35 heavy (non-hydrogen) atoms. The Labute approximate surface area is 211 Å². The Morgan fingerprint density at radius 1 is 1.09 bits per heavy atom. The van der Waals surface area contributed by atoms with E-state index in [0.29, 0.717) is 18.9 Å². The van der Waals surface area contributed by atoms with E-state index in [9.17, 15) is 18.0 Å². The van der Waals surface area contributed by atoms with E-state index in [2.05, 4.69) is 22.5 Å². The molecule has 0 bridgehead atoms. The van der Waals surface area contributed by atoms with Crippen LogP contribution >= 0.6 is 12.4 Å². The average molecular weight is 514 g/mol. The van der Waals surface area contributed by atoms with Gasteiger partial charge in [-0.15, -0.1) is 12.4 Å². The lowest BCUT2D eigenvalue weighted by molar-refractivity contribution is -0.137. The van der Waals surface area contributed by atoms with Gasteiger partial charge in [-0.1, -0.05) is 25.5 Å². The predicted octanol–water partition coefficient (Wildman–Crippen LogP) is 6.55. The summed E-state index contributed by atoms with van der Waals surface area (Å²) < 4.78 is 44.5. The fraction of sp³-hybridized carbons (Fsp3) is 0.500. The number of amides is 2. The van der Waals surface area contributed by atoms with Crippen LogP contribution in [0.5, 0.6) is 5.75 Å². The molecule has 2 aromatic carbocycles. The van der Waals surface area contributed by atoms with Crippen molar-refractivity contribution < 1.29 is 22.7 Å². The zero-order chi connectivity index (χ0) is 24.6. The number of carbonyl (C=O) groups excluding carboxylic acids is 1. The molecule has 194 valence electrons. The number of anilines is 1. The maximum atomic E-state index is 12.8. The van der Waals surface area contributed by atoms with Crippen LogP contribution in [0.25, 0.3) is 0 Å². The van der Waals surface area contributed by atoms with Gasteiger partial charge in [0.25, 0.3) is 0 Å². The van der Waals surface area contributed by atoms with Crippen LogP contribution in [0.4, 0.5) is 23.7 Å². The standard InChI is InChI=1S/C26H34F3N3O2.ClH/c1-3-5-15-32-16-14-24(19-6-10-22(11-7-19)31-25(33)30-4-2)20(17-32)18-34-23-12-8-21(9-13-23)26(27,28)29;/h6-13,20,24H,3-5,14-18H2,1-2H3,(H2,30,31,33);1H. The van der Waals surface area contributed by atoms with E-state index in [1.165, 1.54) is 17.7 Å². The molecule has 2 aromatic rings. The Hall–Kier alpha value is -2.45. The summed E-state index contributed by atoms with van der Waals surface area (Å²) in [6.07, 6.45) is -1.11. The second-order valence-electron chi connectivity index (χ2n) is 8.75. The number of piperidine rings is 1. The lowest BCUT2D eigenvalue weighted by Gasteiger charge is -2.39. The van der Waals surface area contributed by atoms with E-state index in [0.717, 1.165) is 56.7 Å². The third kappa shape index (κ3) is 8.61. The van der Waals surface area contributed by atoms with Crippen LogP contribution in [0, 0.1) is 5.92 Å². The molecule has 0 spiro atoms. The molecule has 2 N–H and O–H groups in total. The first-order valence-electron chi connectivity index (χ1n) is 12.0. The normalized spacial score (nSPS) is 18.4. The number of ether oxygens (including phenoxy) is 1. The number of hydrogen-bond donors (Lipinski definition) is 2. The molecule has 1 heterocycles. The first kappa shape index (κ1) is 28.8. The lowest BCUT2D eigenvalue weighted by Crippen LogP contribution is -2.42. The fourth-order valence-electron chi connectivity index (χ4n) is 4.39. The van der Waals surface area contributed by atoms with Crippen molar-refractivity contribution in [3.05, 3.63) is 59.7 Å². The third-order valence-corrected chi connectivity index (χ3v) is 6.23. The summed E-state index contributed by atoms with van der Waals surface area (Å²) in [5.41, 5.74) is 1.23. The molecule has 1 aliphatic heterocycles. The zero-order valence-electron chi connectivity index (χ0n) is 20.2. The lowest BCUT2D eigenvalue weighted by atomic mass is 9.80. The number of carbonyl (C=O) groups is 1. The molecule has 9 heteroatoms. The smallest absolute Gasteiger partial charge is 0.416 e. The maximum absolute atomic E-state index is 12.8. The molecule has 0 aliphatic carbocycles. The van der Waals surface area contributed by atoms with Gasteiger partial charge in [0, 0.05) is 24.7 Å². The zero-order valence-corrected chi connectivity index (χ0v) is 21.1. The fourth-order valence-corrected chi connectivity index (χ4v) is 4.39. The van der Waals surface area contributed by atoms with Gasteiger partial charge < -0.3 is 20.3 Å². The minimum absolute atomic E-state index is 0. The number of benzene rings is 2. The second-order valence-corrected chi connectivity index (χ2v) is 8.75. The number of unbranched alkanes of at least 4 members (excludes halogenated alkanes) is 1. The topological polar surface area (TPSA) is 53.6 Å². The quantitative estimate of drug-likeness (QED) is 0.399. The summed E-state index contributed by atoms with van der Waals surface area (Å²) in [6, 6.07) is 12.5. The van der Waals surface area contributed by atoms with Crippen LogP contribution in [0.15, 0.2) is 48.5 Å². The molecule has 0 radical (unpaired) electrons. The molecule has 1 saturated heterocycles. The minimum atomic E-state index is -4.36. The van der Waals surface area contributed by atoms with Gasteiger partial charge in [-0.25, -0.2) is 4.79 Å². The summed E-state index contributed by atoms with van der Waals surface area (Å²) in [6.45, 7) is 7.94. The van der Waals surface area contributed by atoms with Crippen molar-refractivity contribution in [2.45, 2.75) is 45.2 Å². The van der Waals surface area contributed by atoms with E-state index in [-0.39, 0.29) is 30.3 Å². The largest absolute Gasteiger partial charge is 0.493 e. The van der Waals surface area contributed by atoms with Crippen molar-refractivity contribution in [1.29, 1.82) is 0 Å². The van der Waals surface area contributed by atoms with Crippen molar-refractivity contribution in [2.24, 2.45) is 5.92 Å². The van der Waals surface area contributed by atoms with Gasteiger partial charge in [-0.3, -0.25) is 0 Å². The highest BCUT2D eigenvalue weighted by molar-refractivity contribution is 5.89. The maximum Gasteiger partial charge on any atom is 0.416 e. The van der Waals surface area contributed by atoms with Gasteiger partial charge in [-0.05, 0) is 80.7 Å². The van der Waals surface area contributed by atoms with Gasteiger partial charge in [0.2, 0.25) is 0 Å². The van der Waals surface area contributed by atoms with E-state index < -0.39 is 11.7 Å². The number of rotatable bonds is 9. The van der Waals surface area contributed by atoms with Crippen LogP contribution in [0.1, 0.15) is 50.2 Å². The van der Waals surface area contributed by atoms with Crippen molar-refractivity contribution >= 4 is 24.1 Å². The molecule has 0 saturated carbocycles. The van der Waals surface area contributed by atoms with Crippen LogP contribution in [0.3, 0.4) is 0 Å². The van der Waals surface area contributed by atoms with Crippen molar-refractivity contribution in [3.8, 4) is 5.75 Å². The van der Waals surface area contributed by atoms with Gasteiger partial charge in [0.05, 0.1) is 12.2 Å². The van der Waals surface area contributed by atoms with Crippen LogP contribution in [-0.2, 0) is 6.18 Å². The van der Waals surface area contributed by atoms with E-state index >= 15 is 0 Å². The van der Waals surface area contributed by atoms with Crippen molar-refractivity contribution in [2.75, 3.05) is 38.1 Å². The molecule has 0 aromatic heterocycles. The van der Waals surface area contributed by atoms with Crippen molar-refractivity contribution in [1.82, 2.24) is 10.2 Å². The average Bonchev–Trinajstić information content (AvgIpc) is 2.82. The predicted molar refractivity (Wildman–Crippen MR) is 136 cm³/mol. The number of alkyl halides is 3. The second kappa shape index (κ2) is 13.6. The molecular formula is C26H35ClF3N3O2. The molecule has 1 fully saturated rings. The van der Waals surface area contributed by atoms with Crippen molar-refractivity contribution in [3.63, 3.8) is 0 Å². The van der Waals surface area contributed by atoms with Crippen LogP contribution < -0.4 is 15.4 Å². The summed E-state index contributed by atoms with van der Waals surface area (Å²) in [5.74, 6) is 0.917. The number of nitrogens with zero attached hydrogens (tertiary/aromatic N) is 1. The number of halogens is 4. The molecule has 2 atom stereocenters. The highest BCUT2D eigenvalue weighted by Gasteiger charge is 2.32. The SMILES string of the molecule is CCCCN1CCC(c2ccc(NC(=O)NCC)cc2)C(COc2ccc(C(F)(F)F)cc2)C1.Cl. The third-order valence-electron chi connectivity index (χ3n) is 6.23. The number of urea groups is 1. The highest BCUT2D eigenvalue weighted by atomic mass is 35.5. The molecule has 2 unspecified atom stereocenters. The molecular weight excluding hydrogens is 479 g/mol. The van der Waals surface area contributed by atoms with Crippen LogP contribution in [-0.4, -0.2) is 43.7 Å². The Kier molecular flexibility index (Phi) is 11.2. The minimum Gasteiger partial charge on any atom is -0.493 e. The Morgan fingerprint density at radius 3 is 2.37 bits per heavy atom. The van der Waals surface area contributed by atoms with Crippen LogP contribution in [0.2, 0.25) is 0 Å². The number of hydrogen-bond acceptors (Lipinski definition) is 3. The first-order chi connectivity index (χ1) is 16.3. The summed E-state index contributed by atoms with van der Waals surface area (Å²) in [5, 5.41) is 5.52. The van der Waals surface area contributed by atoms with Gasteiger partial charge in [0.15, 0.2) is 0 Å². The Bertz CT molecular complexity index is 908. The summed E-state index contributed by atoms with van der Waals surface area (Å²) >= 11 is 0. The van der Waals surface area contributed by atoms with Gasteiger partial charge in [0.1, 0.15) is 5.75 Å². The monoisotopic (exact) mass is 513 g/mol. The van der Waals surface area contributed by atoms with E-state index in [4.69, 9.17) is 4.74 Å². The molecule has 3 rings (SSSR count).